The van der Waals surface area contributed by atoms with Crippen LogP contribution in [0.25, 0.3) is 0 Å². The minimum atomic E-state index is -0.348. The predicted octanol–water partition coefficient (Wildman–Crippen LogP) is -0.0589. The van der Waals surface area contributed by atoms with E-state index in [1.807, 2.05) is 0 Å². The fourth-order valence-electron chi connectivity index (χ4n) is 1.04. The largest absolute Gasteiger partial charge is 0.394 e. The first-order valence-corrected chi connectivity index (χ1v) is 4.55. The van der Waals surface area contributed by atoms with Crippen molar-refractivity contribution in [3.05, 3.63) is 18.5 Å². The number of nitrogens with zero attached hydrogens (tertiary/aromatic N) is 2. The lowest BCUT2D eigenvalue weighted by molar-refractivity contribution is -0.125. The lowest BCUT2D eigenvalue weighted by Gasteiger charge is -2.15. The van der Waals surface area contributed by atoms with Crippen LogP contribution in [0.2, 0.25) is 0 Å². The highest BCUT2D eigenvalue weighted by molar-refractivity contribution is 5.79. The van der Waals surface area contributed by atoms with Crippen molar-refractivity contribution in [2.45, 2.75) is 25.9 Å². The average Bonchev–Trinajstić information content (AvgIpc) is 2.69. The molecule has 78 valence electrons. The summed E-state index contributed by atoms with van der Waals surface area (Å²) in [5, 5.41) is 15.4. The van der Waals surface area contributed by atoms with Gasteiger partial charge in [0, 0.05) is 18.4 Å². The second-order valence-corrected chi connectivity index (χ2v) is 3.25. The average molecular weight is 197 g/mol. The molecule has 0 saturated carbocycles. The van der Waals surface area contributed by atoms with E-state index in [1.54, 1.807) is 37.0 Å². The van der Waals surface area contributed by atoms with Gasteiger partial charge in [-0.25, -0.2) is 0 Å². The van der Waals surface area contributed by atoms with Gasteiger partial charge in [-0.3, -0.25) is 9.48 Å². The van der Waals surface area contributed by atoms with Gasteiger partial charge in [-0.05, 0) is 19.9 Å². The molecule has 2 N–H and O–H groups in total. The van der Waals surface area contributed by atoms with Gasteiger partial charge in [0.25, 0.3) is 0 Å². The van der Waals surface area contributed by atoms with Crippen LogP contribution in [-0.2, 0) is 4.79 Å². The van der Waals surface area contributed by atoms with Crippen molar-refractivity contribution >= 4 is 5.91 Å². The molecule has 0 spiro atoms. The summed E-state index contributed by atoms with van der Waals surface area (Å²) >= 11 is 0. The minimum absolute atomic E-state index is 0.0580. The summed E-state index contributed by atoms with van der Waals surface area (Å²) < 4.78 is 1.57. The maximum Gasteiger partial charge on any atom is 0.244 e. The van der Waals surface area contributed by atoms with E-state index in [0.717, 1.165) is 0 Å². The Balaban J connectivity index is 2.53. The molecular formula is C9H15N3O2. The molecule has 0 fully saturated rings. The van der Waals surface area contributed by atoms with Crippen LogP contribution in [0.4, 0.5) is 0 Å². The third kappa shape index (κ3) is 2.56. The number of aliphatic hydroxyl groups is 1. The summed E-state index contributed by atoms with van der Waals surface area (Å²) in [6, 6.07) is 1.19. The number of aromatic nitrogens is 2. The monoisotopic (exact) mass is 197 g/mol. The second kappa shape index (κ2) is 4.76. The van der Waals surface area contributed by atoms with Crippen molar-refractivity contribution in [3.8, 4) is 0 Å². The second-order valence-electron chi connectivity index (χ2n) is 3.25. The predicted molar refractivity (Wildman–Crippen MR) is 51.6 cm³/mol. The highest BCUT2D eigenvalue weighted by Gasteiger charge is 2.16. The first-order chi connectivity index (χ1) is 6.65. The van der Waals surface area contributed by atoms with E-state index < -0.39 is 0 Å². The van der Waals surface area contributed by atoms with E-state index in [2.05, 4.69) is 10.4 Å². The van der Waals surface area contributed by atoms with E-state index in [0.29, 0.717) is 0 Å². The van der Waals surface area contributed by atoms with Crippen LogP contribution < -0.4 is 5.32 Å². The van der Waals surface area contributed by atoms with Gasteiger partial charge in [-0.2, -0.15) is 5.10 Å². The number of amides is 1. The van der Waals surface area contributed by atoms with Crippen molar-refractivity contribution in [2.24, 2.45) is 0 Å². The molecule has 1 amide bonds. The van der Waals surface area contributed by atoms with Crippen molar-refractivity contribution < 1.29 is 9.90 Å². The molecule has 0 aliphatic rings. The van der Waals surface area contributed by atoms with Crippen LogP contribution >= 0.6 is 0 Å². The van der Waals surface area contributed by atoms with Gasteiger partial charge in [0.2, 0.25) is 5.91 Å². The molecule has 1 aromatic heterocycles. The number of nitrogens with one attached hydrogen (secondary N) is 1. The van der Waals surface area contributed by atoms with E-state index in [4.69, 9.17) is 5.11 Å². The molecule has 2 atom stereocenters. The molecule has 14 heavy (non-hydrogen) atoms. The Labute approximate surface area is 82.7 Å². The Morgan fingerprint density at radius 2 is 2.36 bits per heavy atom. The van der Waals surface area contributed by atoms with Crippen LogP contribution in [0, 0.1) is 0 Å². The molecule has 1 rings (SSSR count). The normalized spacial score (nSPS) is 14.8. The van der Waals surface area contributed by atoms with Gasteiger partial charge < -0.3 is 10.4 Å². The van der Waals surface area contributed by atoms with Gasteiger partial charge in [0.05, 0.1) is 6.61 Å². The number of hydrogen-bond acceptors (Lipinski definition) is 3. The Morgan fingerprint density at radius 3 is 2.86 bits per heavy atom. The molecule has 1 unspecified atom stereocenters. The molecule has 0 radical (unpaired) electrons. The maximum absolute atomic E-state index is 11.5. The molecule has 5 heteroatoms. The number of carbonyl (C=O) groups is 1. The van der Waals surface area contributed by atoms with Crippen LogP contribution in [-0.4, -0.2) is 33.4 Å². The summed E-state index contributed by atoms with van der Waals surface area (Å²) in [7, 11) is 0. The molecule has 1 aromatic rings. The topological polar surface area (TPSA) is 67.2 Å². The molecule has 0 saturated heterocycles. The molecule has 0 aromatic carbocycles. The minimum Gasteiger partial charge on any atom is -0.394 e. The quantitative estimate of drug-likeness (QED) is 0.710. The van der Waals surface area contributed by atoms with Crippen LogP contribution in [0.1, 0.15) is 19.9 Å². The first kappa shape index (κ1) is 10.7. The summed E-state index contributed by atoms with van der Waals surface area (Å²) in [6.45, 7) is 3.44. The standard InChI is InChI=1S/C9H15N3O2/c1-7(6-13)11-9(14)8(2)12-5-3-4-10-12/h3-5,7-8,13H,6H2,1-2H3,(H,11,14)/t7-,8?/m0/s1. The van der Waals surface area contributed by atoms with Crippen molar-refractivity contribution in [2.75, 3.05) is 6.61 Å². The van der Waals surface area contributed by atoms with Gasteiger partial charge in [-0.15, -0.1) is 0 Å². The fraction of sp³-hybridized carbons (Fsp3) is 0.556. The summed E-state index contributed by atoms with van der Waals surface area (Å²) in [4.78, 5) is 11.5. The van der Waals surface area contributed by atoms with Gasteiger partial charge in [0.15, 0.2) is 0 Å². The Hall–Kier alpha value is -1.36. The zero-order valence-corrected chi connectivity index (χ0v) is 8.34. The number of hydrogen-bond donors (Lipinski definition) is 2. The van der Waals surface area contributed by atoms with E-state index in [9.17, 15) is 4.79 Å². The van der Waals surface area contributed by atoms with Gasteiger partial charge in [-0.1, -0.05) is 0 Å². The molecule has 0 aliphatic heterocycles. The Kier molecular flexibility index (Phi) is 3.64. The van der Waals surface area contributed by atoms with Crippen LogP contribution in [0.5, 0.6) is 0 Å². The van der Waals surface area contributed by atoms with Crippen molar-refractivity contribution in [3.63, 3.8) is 0 Å². The maximum atomic E-state index is 11.5. The molecule has 0 bridgehead atoms. The van der Waals surface area contributed by atoms with E-state index >= 15 is 0 Å². The zero-order chi connectivity index (χ0) is 10.6. The van der Waals surface area contributed by atoms with Crippen molar-refractivity contribution in [1.29, 1.82) is 0 Å². The number of rotatable bonds is 4. The van der Waals surface area contributed by atoms with Crippen LogP contribution in [0.3, 0.4) is 0 Å². The van der Waals surface area contributed by atoms with Crippen molar-refractivity contribution in [1.82, 2.24) is 15.1 Å². The SMILES string of the molecule is CC(C(=O)N[C@@H](C)CO)n1cccn1. The third-order valence-corrected chi connectivity index (χ3v) is 1.96. The van der Waals surface area contributed by atoms with E-state index in [-0.39, 0.29) is 24.6 Å². The highest BCUT2D eigenvalue weighted by Crippen LogP contribution is 2.03. The number of aliphatic hydroxyl groups excluding tert-OH is 1. The smallest absolute Gasteiger partial charge is 0.244 e. The lowest BCUT2D eigenvalue weighted by atomic mass is 10.3. The summed E-state index contributed by atoms with van der Waals surface area (Å²) in [6.07, 6.45) is 3.35. The highest BCUT2D eigenvalue weighted by atomic mass is 16.3. The lowest BCUT2D eigenvalue weighted by Crippen LogP contribution is -2.39. The first-order valence-electron chi connectivity index (χ1n) is 4.55. The van der Waals surface area contributed by atoms with Crippen LogP contribution in [0.15, 0.2) is 18.5 Å². The molecule has 5 nitrogen and oxygen atoms in total. The van der Waals surface area contributed by atoms with Gasteiger partial charge in [0.1, 0.15) is 6.04 Å². The Bertz CT molecular complexity index is 284. The van der Waals surface area contributed by atoms with Gasteiger partial charge >= 0.3 is 0 Å². The molecular weight excluding hydrogens is 182 g/mol. The summed E-state index contributed by atoms with van der Waals surface area (Å²) in [5.74, 6) is -0.143. The molecule has 0 aliphatic carbocycles. The Morgan fingerprint density at radius 1 is 1.64 bits per heavy atom. The van der Waals surface area contributed by atoms with E-state index in [1.165, 1.54) is 0 Å². The number of carbonyl (C=O) groups excluding carboxylic acids is 1. The molecule has 1 heterocycles. The fourth-order valence-corrected chi connectivity index (χ4v) is 1.04. The zero-order valence-electron chi connectivity index (χ0n) is 8.34. The summed E-state index contributed by atoms with van der Waals surface area (Å²) in [5.41, 5.74) is 0. The third-order valence-electron chi connectivity index (χ3n) is 1.96.